The predicted molar refractivity (Wildman–Crippen MR) is 99.6 cm³/mol. The topological polar surface area (TPSA) is 91.4 Å². The summed E-state index contributed by atoms with van der Waals surface area (Å²) >= 11 is 0. The third-order valence-electron chi connectivity index (χ3n) is 4.41. The lowest BCUT2D eigenvalue weighted by Crippen LogP contribution is -2.39. The summed E-state index contributed by atoms with van der Waals surface area (Å²) in [5.41, 5.74) is 0.565. The van der Waals surface area contributed by atoms with Crippen LogP contribution < -0.4 is 4.90 Å². The molecule has 8 heteroatoms. The Labute approximate surface area is 161 Å². The molecule has 0 radical (unpaired) electrons. The number of carbonyl (C=O) groups is 3. The normalized spacial score (nSPS) is 14.0. The highest BCUT2D eigenvalue weighted by Gasteiger charge is 2.35. The van der Waals surface area contributed by atoms with E-state index in [2.05, 4.69) is 0 Å². The van der Waals surface area contributed by atoms with Crippen LogP contribution in [-0.4, -0.2) is 52.6 Å². The van der Waals surface area contributed by atoms with Gasteiger partial charge in [-0.05, 0) is 11.5 Å². The molecular weight excluding hydrogens is 366 g/mol. The van der Waals surface area contributed by atoms with Gasteiger partial charge < -0.3 is 23.8 Å². The van der Waals surface area contributed by atoms with Crippen LogP contribution in [0.1, 0.15) is 10.4 Å². The fraction of sp³-hybridized carbons (Fsp3) is 0.250. The molecule has 28 heavy (non-hydrogen) atoms. The number of ether oxygens (including phenoxy) is 4. The number of methoxy groups -OCH3 is 3. The molecule has 0 saturated carbocycles. The molecule has 1 aliphatic heterocycles. The largest absolute Gasteiger partial charge is 0.466 e. The quantitative estimate of drug-likeness (QED) is 0.583. The second-order valence-corrected chi connectivity index (χ2v) is 5.89. The summed E-state index contributed by atoms with van der Waals surface area (Å²) in [6, 6.07) is 10.7. The van der Waals surface area contributed by atoms with Crippen molar-refractivity contribution in [2.45, 2.75) is 0 Å². The second kappa shape index (κ2) is 8.10. The molecule has 3 rings (SSSR count). The van der Waals surface area contributed by atoms with Gasteiger partial charge in [0.15, 0.2) is 0 Å². The third-order valence-corrected chi connectivity index (χ3v) is 4.41. The van der Waals surface area contributed by atoms with Gasteiger partial charge in [0.2, 0.25) is 0 Å². The van der Waals surface area contributed by atoms with E-state index in [1.165, 1.54) is 26.2 Å². The minimum Gasteiger partial charge on any atom is -0.466 e. The minimum absolute atomic E-state index is 0.00403. The van der Waals surface area contributed by atoms with Crippen LogP contribution in [0.15, 0.2) is 47.7 Å². The van der Waals surface area contributed by atoms with Gasteiger partial charge in [0.05, 0.1) is 44.8 Å². The van der Waals surface area contributed by atoms with Gasteiger partial charge >= 0.3 is 17.9 Å². The molecular formula is C20H19NO7. The number of esters is 3. The summed E-state index contributed by atoms with van der Waals surface area (Å²) in [4.78, 5) is 38.7. The number of rotatable bonds is 4. The third kappa shape index (κ3) is 3.29. The summed E-state index contributed by atoms with van der Waals surface area (Å²) in [6.07, 6.45) is 0. The molecule has 0 amide bonds. The highest BCUT2D eigenvalue weighted by Crippen LogP contribution is 2.36. The molecule has 1 aliphatic rings. The first-order valence-electron chi connectivity index (χ1n) is 8.38. The lowest BCUT2D eigenvalue weighted by molar-refractivity contribution is -0.140. The average Bonchev–Trinajstić information content (AvgIpc) is 2.76. The molecule has 0 unspecified atom stereocenters. The highest BCUT2D eigenvalue weighted by molar-refractivity contribution is 6.11. The van der Waals surface area contributed by atoms with Gasteiger partial charge in [0, 0.05) is 5.39 Å². The molecule has 2 aromatic carbocycles. The van der Waals surface area contributed by atoms with E-state index in [4.69, 9.17) is 18.9 Å². The van der Waals surface area contributed by atoms with Crippen molar-refractivity contribution in [1.29, 1.82) is 0 Å². The van der Waals surface area contributed by atoms with Gasteiger partial charge in [-0.15, -0.1) is 0 Å². The number of carbonyl (C=O) groups excluding carboxylic acids is 3. The Bertz CT molecular complexity index is 980. The maximum Gasteiger partial charge on any atom is 0.355 e. The Kier molecular flexibility index (Phi) is 5.60. The zero-order chi connectivity index (χ0) is 20.3. The fourth-order valence-corrected chi connectivity index (χ4v) is 3.14. The van der Waals surface area contributed by atoms with E-state index in [1.54, 1.807) is 24.3 Å². The molecule has 2 aromatic rings. The van der Waals surface area contributed by atoms with Crippen molar-refractivity contribution in [1.82, 2.24) is 0 Å². The average molecular weight is 385 g/mol. The van der Waals surface area contributed by atoms with Crippen LogP contribution in [0.5, 0.6) is 0 Å². The maximum atomic E-state index is 12.6. The number of benzene rings is 2. The molecule has 0 aromatic heterocycles. The first-order chi connectivity index (χ1) is 13.5. The molecule has 146 valence electrons. The van der Waals surface area contributed by atoms with Crippen LogP contribution >= 0.6 is 0 Å². The number of hydrogen-bond acceptors (Lipinski definition) is 8. The monoisotopic (exact) mass is 385 g/mol. The van der Waals surface area contributed by atoms with E-state index in [-0.39, 0.29) is 30.2 Å². The van der Waals surface area contributed by atoms with Crippen molar-refractivity contribution in [2.75, 3.05) is 39.6 Å². The fourth-order valence-electron chi connectivity index (χ4n) is 3.14. The number of hydrogen-bond donors (Lipinski definition) is 0. The summed E-state index contributed by atoms with van der Waals surface area (Å²) in [7, 11) is 3.69. The van der Waals surface area contributed by atoms with Crippen molar-refractivity contribution in [3.8, 4) is 0 Å². The van der Waals surface area contributed by atoms with Gasteiger partial charge in [0.25, 0.3) is 0 Å². The zero-order valence-electron chi connectivity index (χ0n) is 15.7. The van der Waals surface area contributed by atoms with E-state index >= 15 is 0 Å². The van der Waals surface area contributed by atoms with Crippen molar-refractivity contribution in [2.24, 2.45) is 0 Å². The molecule has 1 heterocycles. The minimum atomic E-state index is -0.743. The van der Waals surface area contributed by atoms with E-state index in [0.29, 0.717) is 11.1 Å². The van der Waals surface area contributed by atoms with Crippen LogP contribution in [0.25, 0.3) is 10.8 Å². The van der Waals surface area contributed by atoms with Gasteiger partial charge in [-0.3, -0.25) is 0 Å². The van der Waals surface area contributed by atoms with Gasteiger partial charge in [-0.25, -0.2) is 14.4 Å². The summed E-state index contributed by atoms with van der Waals surface area (Å²) < 4.78 is 20.1. The lowest BCUT2D eigenvalue weighted by Gasteiger charge is -2.33. The van der Waals surface area contributed by atoms with Crippen LogP contribution in [0.4, 0.5) is 5.69 Å². The molecule has 0 N–H and O–H groups in total. The smallest absolute Gasteiger partial charge is 0.355 e. The lowest BCUT2D eigenvalue weighted by atomic mass is 10.0. The zero-order valence-corrected chi connectivity index (χ0v) is 15.7. The van der Waals surface area contributed by atoms with E-state index in [0.717, 1.165) is 5.39 Å². The molecule has 0 atom stereocenters. The van der Waals surface area contributed by atoms with Gasteiger partial charge in [-0.2, -0.15) is 0 Å². The summed E-state index contributed by atoms with van der Waals surface area (Å²) in [6.45, 7) is -0.186. The van der Waals surface area contributed by atoms with Crippen molar-refractivity contribution >= 4 is 34.4 Å². The first kappa shape index (κ1) is 19.4. The molecule has 8 nitrogen and oxygen atoms in total. The molecule has 0 bridgehead atoms. The predicted octanol–water partition coefficient (Wildman–Crippen LogP) is 2.02. The Morgan fingerprint density at radius 3 is 2.25 bits per heavy atom. The standard InChI is InChI=1S/C20H19NO7/c1-25-18(22)14-9-8-12-6-4-5-7-13(12)16(14)21-11-28-10-15(19(23)26-2)17(21)20(24)27-3/h4-9H,10-11H2,1-3H3. The summed E-state index contributed by atoms with van der Waals surface area (Å²) in [5, 5.41) is 1.51. The van der Waals surface area contributed by atoms with Crippen molar-refractivity contribution < 1.29 is 33.3 Å². The van der Waals surface area contributed by atoms with E-state index < -0.39 is 17.9 Å². The van der Waals surface area contributed by atoms with Crippen molar-refractivity contribution in [3.05, 3.63) is 53.2 Å². The van der Waals surface area contributed by atoms with Crippen LogP contribution in [0, 0.1) is 0 Å². The molecule has 0 spiro atoms. The summed E-state index contributed by atoms with van der Waals surface area (Å²) in [5.74, 6) is -2.05. The number of anilines is 1. The molecule has 0 fully saturated rings. The van der Waals surface area contributed by atoms with Crippen LogP contribution in [-0.2, 0) is 28.5 Å². The Morgan fingerprint density at radius 2 is 1.57 bits per heavy atom. The van der Waals surface area contributed by atoms with Crippen molar-refractivity contribution in [3.63, 3.8) is 0 Å². The Balaban J connectivity index is 2.34. The first-order valence-corrected chi connectivity index (χ1v) is 8.38. The second-order valence-electron chi connectivity index (χ2n) is 5.89. The molecule has 0 saturated heterocycles. The van der Waals surface area contributed by atoms with Crippen LogP contribution in [0.2, 0.25) is 0 Å². The van der Waals surface area contributed by atoms with Gasteiger partial charge in [-0.1, -0.05) is 30.3 Å². The molecule has 0 aliphatic carbocycles. The maximum absolute atomic E-state index is 12.6. The SMILES string of the molecule is COC(=O)C1=C(C(=O)OC)N(c2c(C(=O)OC)ccc3ccccc23)COC1. The van der Waals surface area contributed by atoms with E-state index in [9.17, 15) is 14.4 Å². The highest BCUT2D eigenvalue weighted by atomic mass is 16.5. The van der Waals surface area contributed by atoms with Gasteiger partial charge in [0.1, 0.15) is 12.4 Å². The Hall–Kier alpha value is -3.39. The van der Waals surface area contributed by atoms with E-state index in [1.807, 2.05) is 12.1 Å². The Morgan fingerprint density at radius 1 is 0.893 bits per heavy atom. The number of nitrogens with zero attached hydrogens (tertiary/aromatic N) is 1. The van der Waals surface area contributed by atoms with Crippen LogP contribution in [0.3, 0.4) is 0 Å². The number of fused-ring (bicyclic) bond motifs is 1.